The van der Waals surface area contributed by atoms with E-state index in [1.54, 1.807) is 0 Å². The van der Waals surface area contributed by atoms with Crippen LogP contribution in [0.15, 0.2) is 28.7 Å². The molecule has 4 nitrogen and oxygen atoms in total. The molecular weight excluding hydrogens is 433 g/mol. The first-order chi connectivity index (χ1) is 9.27. The van der Waals surface area contributed by atoms with Gasteiger partial charge in [-0.05, 0) is 56.7 Å². The van der Waals surface area contributed by atoms with Crippen LogP contribution in [0.3, 0.4) is 0 Å². The molecule has 0 fully saturated rings. The van der Waals surface area contributed by atoms with E-state index in [1.165, 1.54) is 0 Å². The molecule has 6 heteroatoms. The van der Waals surface area contributed by atoms with Gasteiger partial charge in [-0.2, -0.15) is 5.10 Å². The monoisotopic (exact) mass is 447 g/mol. The third-order valence-electron chi connectivity index (χ3n) is 2.80. The number of benzene rings is 1. The van der Waals surface area contributed by atoms with E-state index in [4.69, 9.17) is 0 Å². The number of hydrogen-bond donors (Lipinski definition) is 2. The van der Waals surface area contributed by atoms with Crippen molar-refractivity contribution in [2.45, 2.75) is 26.2 Å². The first-order valence-electron chi connectivity index (χ1n) is 6.09. The highest BCUT2D eigenvalue weighted by atomic mass is 127. The Morgan fingerprint density at radius 1 is 1.35 bits per heavy atom. The molecule has 0 atom stereocenters. The number of carbonyl (C=O) groups is 1. The van der Waals surface area contributed by atoms with Crippen molar-refractivity contribution in [2.24, 2.45) is 0 Å². The van der Waals surface area contributed by atoms with Crippen molar-refractivity contribution in [2.75, 3.05) is 5.32 Å². The smallest absolute Gasteiger partial charge is 0.258 e. The minimum absolute atomic E-state index is 0.0291. The van der Waals surface area contributed by atoms with Gasteiger partial charge in [-0.1, -0.05) is 20.8 Å². The molecule has 0 saturated carbocycles. The Hall–Kier alpha value is -0.890. The summed E-state index contributed by atoms with van der Waals surface area (Å²) >= 11 is 5.57. The van der Waals surface area contributed by atoms with E-state index in [0.717, 1.165) is 13.7 Å². The van der Waals surface area contributed by atoms with E-state index < -0.39 is 0 Å². The van der Waals surface area contributed by atoms with Crippen molar-refractivity contribution in [3.05, 3.63) is 43.6 Å². The van der Waals surface area contributed by atoms with Crippen LogP contribution in [0.25, 0.3) is 0 Å². The summed E-state index contributed by atoms with van der Waals surface area (Å²) in [4.78, 5) is 12.2. The SMILES string of the molecule is CC(C)(C)c1cc(NC(=O)c2cc(I)ccc2Br)n[nH]1. The average molecular weight is 448 g/mol. The third kappa shape index (κ3) is 3.60. The Balaban J connectivity index is 2.20. The highest BCUT2D eigenvalue weighted by Gasteiger charge is 2.18. The Morgan fingerprint density at radius 2 is 2.05 bits per heavy atom. The van der Waals surface area contributed by atoms with Crippen LogP contribution >= 0.6 is 38.5 Å². The number of aromatic amines is 1. The molecule has 0 aliphatic heterocycles. The summed E-state index contributed by atoms with van der Waals surface area (Å²) in [6.45, 7) is 6.26. The molecule has 0 spiro atoms. The van der Waals surface area contributed by atoms with Crippen LogP contribution in [0.2, 0.25) is 0 Å². The molecule has 20 heavy (non-hydrogen) atoms. The Kier molecular flexibility index (Phi) is 4.53. The Morgan fingerprint density at radius 3 is 2.65 bits per heavy atom. The lowest BCUT2D eigenvalue weighted by atomic mass is 9.92. The minimum atomic E-state index is -0.178. The minimum Gasteiger partial charge on any atom is -0.305 e. The molecule has 0 aliphatic rings. The van der Waals surface area contributed by atoms with E-state index in [1.807, 2.05) is 24.3 Å². The fraction of sp³-hybridized carbons (Fsp3) is 0.286. The number of anilines is 1. The topological polar surface area (TPSA) is 57.8 Å². The number of H-pyrrole nitrogens is 1. The van der Waals surface area contributed by atoms with Crippen LogP contribution in [-0.2, 0) is 5.41 Å². The lowest BCUT2D eigenvalue weighted by molar-refractivity contribution is 0.102. The van der Waals surface area contributed by atoms with Gasteiger partial charge in [0.1, 0.15) is 0 Å². The summed E-state index contributed by atoms with van der Waals surface area (Å²) in [6.07, 6.45) is 0. The van der Waals surface area contributed by atoms with Gasteiger partial charge in [-0.25, -0.2) is 0 Å². The molecule has 0 bridgehead atoms. The molecule has 1 aromatic heterocycles. The highest BCUT2D eigenvalue weighted by molar-refractivity contribution is 14.1. The largest absolute Gasteiger partial charge is 0.305 e. The maximum absolute atomic E-state index is 12.2. The van der Waals surface area contributed by atoms with Crippen molar-refractivity contribution in [1.29, 1.82) is 0 Å². The van der Waals surface area contributed by atoms with E-state index >= 15 is 0 Å². The van der Waals surface area contributed by atoms with Crippen molar-refractivity contribution >= 4 is 50.2 Å². The second kappa shape index (κ2) is 5.85. The van der Waals surface area contributed by atoms with Gasteiger partial charge in [0.25, 0.3) is 5.91 Å². The quantitative estimate of drug-likeness (QED) is 0.673. The molecule has 2 aromatic rings. The van der Waals surface area contributed by atoms with Crippen LogP contribution in [0.5, 0.6) is 0 Å². The van der Waals surface area contributed by atoms with Gasteiger partial charge >= 0.3 is 0 Å². The van der Waals surface area contributed by atoms with Crippen LogP contribution in [0, 0.1) is 3.57 Å². The number of halogens is 2. The van der Waals surface area contributed by atoms with Crippen LogP contribution in [0.4, 0.5) is 5.82 Å². The lowest BCUT2D eigenvalue weighted by Crippen LogP contribution is -2.13. The van der Waals surface area contributed by atoms with Gasteiger partial charge in [0, 0.05) is 25.2 Å². The number of amides is 1. The van der Waals surface area contributed by atoms with Crippen LogP contribution in [0.1, 0.15) is 36.8 Å². The van der Waals surface area contributed by atoms with Crippen LogP contribution in [-0.4, -0.2) is 16.1 Å². The predicted octanol–water partition coefficient (Wildman–Crippen LogP) is 4.33. The van der Waals surface area contributed by atoms with Crippen molar-refractivity contribution in [3.8, 4) is 0 Å². The molecule has 0 aliphatic carbocycles. The summed E-state index contributed by atoms with van der Waals surface area (Å²) in [5, 5.41) is 9.88. The first kappa shape index (κ1) is 15.5. The molecular formula is C14H15BrIN3O. The Labute approximate surface area is 140 Å². The van der Waals surface area contributed by atoms with Gasteiger partial charge in [-0.3, -0.25) is 9.89 Å². The fourth-order valence-electron chi connectivity index (χ4n) is 1.63. The fourth-order valence-corrected chi connectivity index (χ4v) is 2.54. The zero-order chi connectivity index (χ0) is 14.9. The third-order valence-corrected chi connectivity index (χ3v) is 4.16. The second-order valence-electron chi connectivity index (χ2n) is 5.50. The van der Waals surface area contributed by atoms with Gasteiger partial charge < -0.3 is 5.32 Å². The lowest BCUT2D eigenvalue weighted by Gasteiger charge is -2.14. The van der Waals surface area contributed by atoms with Crippen molar-refractivity contribution in [1.82, 2.24) is 10.2 Å². The molecule has 0 unspecified atom stereocenters. The molecule has 0 saturated heterocycles. The van der Waals surface area contributed by atoms with Crippen LogP contribution < -0.4 is 5.32 Å². The summed E-state index contributed by atoms with van der Waals surface area (Å²) in [5.74, 6) is 0.355. The average Bonchev–Trinajstić information content (AvgIpc) is 2.80. The van der Waals surface area contributed by atoms with Crippen molar-refractivity contribution < 1.29 is 4.79 Å². The molecule has 2 N–H and O–H groups in total. The number of nitrogens with zero attached hydrogens (tertiary/aromatic N) is 1. The van der Waals surface area contributed by atoms with E-state index in [2.05, 4.69) is 74.8 Å². The summed E-state index contributed by atoms with van der Waals surface area (Å²) < 4.78 is 1.77. The molecule has 2 rings (SSSR count). The number of rotatable bonds is 2. The number of aromatic nitrogens is 2. The highest BCUT2D eigenvalue weighted by Crippen LogP contribution is 2.23. The van der Waals surface area contributed by atoms with Gasteiger partial charge in [0.2, 0.25) is 0 Å². The molecule has 0 radical (unpaired) electrons. The second-order valence-corrected chi connectivity index (χ2v) is 7.60. The Bertz CT molecular complexity index is 646. The molecule has 106 valence electrons. The number of carbonyl (C=O) groups excluding carboxylic acids is 1. The summed E-state index contributed by atoms with van der Waals surface area (Å²) in [6, 6.07) is 7.49. The van der Waals surface area contributed by atoms with E-state index in [-0.39, 0.29) is 11.3 Å². The normalized spacial score (nSPS) is 11.4. The molecule has 1 heterocycles. The molecule has 1 aromatic carbocycles. The zero-order valence-electron chi connectivity index (χ0n) is 11.4. The number of nitrogens with one attached hydrogen (secondary N) is 2. The molecule has 1 amide bonds. The summed E-state index contributed by atoms with van der Waals surface area (Å²) in [7, 11) is 0. The summed E-state index contributed by atoms with van der Waals surface area (Å²) in [5.41, 5.74) is 1.55. The first-order valence-corrected chi connectivity index (χ1v) is 7.97. The zero-order valence-corrected chi connectivity index (χ0v) is 15.2. The van der Waals surface area contributed by atoms with E-state index in [9.17, 15) is 4.79 Å². The number of hydrogen-bond acceptors (Lipinski definition) is 2. The van der Waals surface area contributed by atoms with Gasteiger partial charge in [0.15, 0.2) is 5.82 Å². The predicted molar refractivity (Wildman–Crippen MR) is 92.1 cm³/mol. The maximum Gasteiger partial charge on any atom is 0.258 e. The van der Waals surface area contributed by atoms with E-state index in [0.29, 0.717) is 11.4 Å². The standard InChI is InChI=1S/C14H15BrIN3O/c1-14(2,3)11-7-12(19-18-11)17-13(20)9-6-8(16)4-5-10(9)15/h4-7H,1-3H3,(H2,17,18,19,20). The maximum atomic E-state index is 12.2. The van der Waals surface area contributed by atoms with Gasteiger partial charge in [0.05, 0.1) is 5.56 Å². The van der Waals surface area contributed by atoms with Gasteiger partial charge in [-0.15, -0.1) is 0 Å². The van der Waals surface area contributed by atoms with Crippen molar-refractivity contribution in [3.63, 3.8) is 0 Å².